The lowest BCUT2D eigenvalue weighted by Gasteiger charge is -1.86. The molecule has 0 spiro atoms. The predicted octanol–water partition coefficient (Wildman–Crippen LogP) is 1.41. The van der Waals surface area contributed by atoms with Crippen molar-refractivity contribution in [2.45, 2.75) is 4.90 Å². The fraction of sp³-hybridized carbons (Fsp3) is 0. The predicted molar refractivity (Wildman–Crippen MR) is 36.9 cm³/mol. The molecule has 0 atom stereocenters. The van der Waals surface area contributed by atoms with Crippen LogP contribution in [0.4, 0.5) is 0 Å². The number of hydrogen-bond acceptors (Lipinski definition) is 4. The Morgan fingerprint density at radius 2 is 2.38 bits per heavy atom. The van der Waals surface area contributed by atoms with Gasteiger partial charge in [-0.05, 0) is 6.07 Å². The van der Waals surface area contributed by atoms with Crippen LogP contribution in [-0.4, -0.2) is 10.2 Å². The average Bonchev–Trinajstić information content (AvgIpc) is 1.90. The third-order valence-corrected chi connectivity index (χ3v) is 1.75. The molecule has 1 aromatic heterocycles. The summed E-state index contributed by atoms with van der Waals surface area (Å²) < 4.78 is 0. The van der Waals surface area contributed by atoms with E-state index < -0.39 is 0 Å². The maximum atomic E-state index is 3.96. The molecule has 2 nitrogen and oxygen atoms in total. The number of aromatic nitrogens is 2. The molecule has 0 aliphatic heterocycles. The van der Waals surface area contributed by atoms with Crippen LogP contribution in [0.2, 0.25) is 0 Å². The second-order valence-electron chi connectivity index (χ2n) is 1.17. The van der Waals surface area contributed by atoms with Crippen LogP contribution < -0.4 is 0 Å². The summed E-state index contributed by atoms with van der Waals surface area (Å²) in [7, 11) is 1.36. The molecule has 1 aromatic rings. The number of nitrogens with zero attached hydrogens (tertiary/aromatic N) is 2. The first-order valence-electron chi connectivity index (χ1n) is 2.01. The Balaban J connectivity index is 2.83. The van der Waals surface area contributed by atoms with E-state index in [4.69, 9.17) is 0 Å². The maximum Gasteiger partial charge on any atom is 0.0640 e. The van der Waals surface area contributed by atoms with Crippen molar-refractivity contribution in [1.82, 2.24) is 10.2 Å². The van der Waals surface area contributed by atoms with Crippen LogP contribution in [0.25, 0.3) is 0 Å². The van der Waals surface area contributed by atoms with Gasteiger partial charge in [-0.1, -0.05) is 10.8 Å². The molecule has 0 saturated heterocycles. The summed E-state index contributed by atoms with van der Waals surface area (Å²) in [6.45, 7) is 0. The van der Waals surface area contributed by atoms with E-state index in [9.17, 15) is 0 Å². The molecule has 0 bridgehead atoms. The van der Waals surface area contributed by atoms with Crippen LogP contribution in [-0.2, 0) is 0 Å². The Morgan fingerprint density at radius 3 is 2.75 bits per heavy atom. The lowest BCUT2D eigenvalue weighted by molar-refractivity contribution is 0.998. The minimum atomic E-state index is 1.02. The summed E-state index contributed by atoms with van der Waals surface area (Å²) in [6.07, 6.45) is 3.30. The second-order valence-corrected chi connectivity index (χ2v) is 2.37. The van der Waals surface area contributed by atoms with Crippen molar-refractivity contribution in [1.29, 1.82) is 0 Å². The normalized spacial score (nSPS) is 9.12. The molecular formula is C4H4N2S2. The van der Waals surface area contributed by atoms with Crippen LogP contribution in [0.1, 0.15) is 0 Å². The highest BCUT2D eigenvalue weighted by molar-refractivity contribution is 8.68. The highest BCUT2D eigenvalue weighted by atomic mass is 33.1. The first-order valence-corrected chi connectivity index (χ1v) is 3.88. The van der Waals surface area contributed by atoms with Crippen molar-refractivity contribution >= 4 is 22.5 Å². The monoisotopic (exact) mass is 144 g/mol. The summed E-state index contributed by atoms with van der Waals surface area (Å²) in [6, 6.07) is 1.85. The SMILES string of the molecule is SSc1ccnnc1. The third-order valence-electron chi connectivity index (χ3n) is 0.663. The van der Waals surface area contributed by atoms with Gasteiger partial charge in [0.2, 0.25) is 0 Å². The van der Waals surface area contributed by atoms with Crippen LogP contribution in [0.15, 0.2) is 23.4 Å². The lowest BCUT2D eigenvalue weighted by atomic mass is 10.6. The number of rotatable bonds is 1. The molecule has 1 rings (SSSR count). The van der Waals surface area contributed by atoms with Gasteiger partial charge >= 0.3 is 0 Å². The highest BCUT2D eigenvalue weighted by Crippen LogP contribution is 2.17. The van der Waals surface area contributed by atoms with Crippen molar-refractivity contribution < 1.29 is 0 Å². The van der Waals surface area contributed by atoms with Gasteiger partial charge < -0.3 is 0 Å². The molecule has 0 fully saturated rings. The average molecular weight is 144 g/mol. The minimum Gasteiger partial charge on any atom is -0.159 e. The molecule has 8 heavy (non-hydrogen) atoms. The Labute approximate surface area is 56.5 Å². The van der Waals surface area contributed by atoms with Gasteiger partial charge in [0.05, 0.1) is 12.4 Å². The number of thiol groups is 1. The zero-order valence-corrected chi connectivity index (χ0v) is 5.69. The van der Waals surface area contributed by atoms with Gasteiger partial charge in [-0.25, -0.2) is 0 Å². The van der Waals surface area contributed by atoms with Crippen molar-refractivity contribution in [2.75, 3.05) is 0 Å². The van der Waals surface area contributed by atoms with E-state index in [0.717, 1.165) is 4.90 Å². The molecule has 0 saturated carbocycles. The van der Waals surface area contributed by atoms with E-state index >= 15 is 0 Å². The Hall–Kier alpha value is -0.220. The number of hydrogen-bond donors (Lipinski definition) is 1. The standard InChI is InChI=1S/C4H4N2S2/c7-8-4-1-2-5-6-3-4/h1-3,7H. The lowest BCUT2D eigenvalue weighted by Crippen LogP contribution is -1.75. The van der Waals surface area contributed by atoms with Gasteiger partial charge in [-0.2, -0.15) is 10.2 Å². The van der Waals surface area contributed by atoms with E-state index in [1.165, 1.54) is 10.8 Å². The topological polar surface area (TPSA) is 25.8 Å². The van der Waals surface area contributed by atoms with Gasteiger partial charge in [-0.3, -0.25) is 0 Å². The molecule has 0 aromatic carbocycles. The Kier molecular flexibility index (Phi) is 2.17. The molecule has 42 valence electrons. The minimum absolute atomic E-state index is 1.02. The Bertz CT molecular complexity index is 153. The molecule has 4 heteroatoms. The van der Waals surface area contributed by atoms with Crippen LogP contribution in [0, 0.1) is 0 Å². The summed E-state index contributed by atoms with van der Waals surface area (Å²) in [4.78, 5) is 1.02. The molecule has 0 radical (unpaired) electrons. The van der Waals surface area contributed by atoms with Gasteiger partial charge in [0, 0.05) is 4.90 Å². The van der Waals surface area contributed by atoms with Gasteiger partial charge in [0.1, 0.15) is 0 Å². The van der Waals surface area contributed by atoms with Crippen molar-refractivity contribution in [3.8, 4) is 0 Å². The summed E-state index contributed by atoms with van der Waals surface area (Å²) >= 11 is 3.96. The van der Waals surface area contributed by atoms with Crippen LogP contribution in [0.3, 0.4) is 0 Å². The van der Waals surface area contributed by atoms with Gasteiger partial charge in [0.15, 0.2) is 0 Å². The van der Waals surface area contributed by atoms with Crippen molar-refractivity contribution in [3.63, 3.8) is 0 Å². The summed E-state index contributed by atoms with van der Waals surface area (Å²) in [5, 5.41) is 7.23. The Morgan fingerprint density at radius 1 is 1.50 bits per heavy atom. The van der Waals surface area contributed by atoms with Gasteiger partial charge in [-0.15, -0.1) is 11.7 Å². The van der Waals surface area contributed by atoms with Crippen LogP contribution in [0.5, 0.6) is 0 Å². The smallest absolute Gasteiger partial charge is 0.0640 e. The molecule has 0 N–H and O–H groups in total. The van der Waals surface area contributed by atoms with Crippen molar-refractivity contribution in [2.24, 2.45) is 0 Å². The van der Waals surface area contributed by atoms with E-state index in [0.29, 0.717) is 0 Å². The highest BCUT2D eigenvalue weighted by Gasteiger charge is 1.83. The van der Waals surface area contributed by atoms with Crippen LogP contribution >= 0.6 is 22.5 Å². The molecule has 0 unspecified atom stereocenters. The molecule has 0 amide bonds. The first-order chi connectivity index (χ1) is 3.93. The molecule has 0 aliphatic rings. The zero-order chi connectivity index (χ0) is 5.82. The quantitative estimate of drug-likeness (QED) is 0.476. The summed E-state index contributed by atoms with van der Waals surface area (Å²) in [5.41, 5.74) is 0. The second kappa shape index (κ2) is 2.94. The van der Waals surface area contributed by atoms with E-state index in [1.54, 1.807) is 12.4 Å². The van der Waals surface area contributed by atoms with E-state index in [1.807, 2.05) is 6.07 Å². The van der Waals surface area contributed by atoms with E-state index in [-0.39, 0.29) is 0 Å². The summed E-state index contributed by atoms with van der Waals surface area (Å²) in [5.74, 6) is 0. The third kappa shape index (κ3) is 1.38. The molecule has 0 aliphatic carbocycles. The fourth-order valence-corrected chi connectivity index (χ4v) is 0.873. The fourth-order valence-electron chi connectivity index (χ4n) is 0.333. The maximum absolute atomic E-state index is 3.96. The molecule has 1 heterocycles. The zero-order valence-electron chi connectivity index (χ0n) is 3.98. The van der Waals surface area contributed by atoms with Crippen molar-refractivity contribution in [3.05, 3.63) is 18.5 Å². The van der Waals surface area contributed by atoms with E-state index in [2.05, 4.69) is 21.9 Å². The first kappa shape index (κ1) is 5.91. The van der Waals surface area contributed by atoms with Gasteiger partial charge in [0.25, 0.3) is 0 Å². The largest absolute Gasteiger partial charge is 0.159 e. The molecular weight excluding hydrogens is 140 g/mol.